The Morgan fingerprint density at radius 2 is 2.33 bits per heavy atom. The summed E-state index contributed by atoms with van der Waals surface area (Å²) in [4.78, 5) is 24.3. The maximum Gasteiger partial charge on any atom is 0.323 e. The molecule has 0 saturated carbocycles. The molecule has 9 heteroatoms. The van der Waals surface area contributed by atoms with Gasteiger partial charge in [0.1, 0.15) is 0 Å². The number of aromatic nitrogens is 3. The molecule has 1 aliphatic heterocycles. The third-order valence-corrected chi connectivity index (χ3v) is 3.32. The molecule has 1 aromatic heterocycles. The molecule has 1 aliphatic rings. The first-order chi connectivity index (χ1) is 8.66. The number of piperidine rings is 1. The zero-order chi connectivity index (χ0) is 13.0. The van der Waals surface area contributed by atoms with Crippen LogP contribution in [0, 0.1) is 0 Å². The molecule has 1 atom stereocenters. The summed E-state index contributed by atoms with van der Waals surface area (Å²) in [5, 5.41) is 18.7. The van der Waals surface area contributed by atoms with Crippen LogP contribution in [-0.2, 0) is 4.79 Å². The highest BCUT2D eigenvalue weighted by molar-refractivity contribution is 7.09. The molecule has 0 aromatic carbocycles. The van der Waals surface area contributed by atoms with Gasteiger partial charge in [0, 0.05) is 24.1 Å². The van der Waals surface area contributed by atoms with Crippen molar-refractivity contribution < 1.29 is 14.7 Å². The molecule has 98 valence electrons. The van der Waals surface area contributed by atoms with Crippen molar-refractivity contribution in [3.8, 4) is 0 Å². The molecule has 1 aromatic rings. The van der Waals surface area contributed by atoms with Crippen LogP contribution in [-0.4, -0.2) is 49.4 Å². The monoisotopic (exact) mass is 271 g/mol. The van der Waals surface area contributed by atoms with E-state index in [-0.39, 0.29) is 18.5 Å². The zero-order valence-electron chi connectivity index (χ0n) is 9.57. The van der Waals surface area contributed by atoms with Crippen LogP contribution in [0.2, 0.25) is 0 Å². The number of carboxylic acids is 1. The van der Waals surface area contributed by atoms with Crippen molar-refractivity contribution in [2.24, 2.45) is 0 Å². The number of amides is 2. The van der Waals surface area contributed by atoms with Gasteiger partial charge in [0.2, 0.25) is 5.13 Å². The molecule has 0 radical (unpaired) electrons. The van der Waals surface area contributed by atoms with E-state index in [2.05, 4.69) is 20.1 Å². The van der Waals surface area contributed by atoms with Crippen molar-refractivity contribution in [1.29, 1.82) is 0 Å². The number of aliphatic carboxylic acids is 1. The molecule has 0 bridgehead atoms. The Balaban J connectivity index is 1.99. The van der Waals surface area contributed by atoms with Gasteiger partial charge in [-0.1, -0.05) is 9.59 Å². The van der Waals surface area contributed by atoms with Crippen LogP contribution in [0.5, 0.6) is 0 Å². The quantitative estimate of drug-likeness (QED) is 0.841. The summed E-state index contributed by atoms with van der Waals surface area (Å²) in [7, 11) is 0. The minimum atomic E-state index is -0.891. The summed E-state index contributed by atoms with van der Waals surface area (Å²) in [6.07, 6.45) is 2.52. The number of carbonyl (C=O) groups is 2. The fraction of sp³-hybridized carbons (Fsp3) is 0.667. The summed E-state index contributed by atoms with van der Waals surface area (Å²) in [6, 6.07) is -0.586. The van der Waals surface area contributed by atoms with Crippen molar-refractivity contribution >= 4 is 28.7 Å². The molecule has 2 heterocycles. The van der Waals surface area contributed by atoms with Crippen LogP contribution in [0.25, 0.3) is 0 Å². The van der Waals surface area contributed by atoms with E-state index in [1.165, 1.54) is 0 Å². The zero-order valence-corrected chi connectivity index (χ0v) is 10.4. The maximum atomic E-state index is 12.0. The normalized spacial score (nSPS) is 19.6. The summed E-state index contributed by atoms with van der Waals surface area (Å²) in [5.74, 6) is -0.891. The van der Waals surface area contributed by atoms with Gasteiger partial charge in [-0.05, 0) is 24.5 Å². The van der Waals surface area contributed by atoms with Gasteiger partial charge in [-0.15, -0.1) is 0 Å². The van der Waals surface area contributed by atoms with Crippen molar-refractivity contribution in [2.75, 3.05) is 11.9 Å². The van der Waals surface area contributed by atoms with Gasteiger partial charge in [0.15, 0.2) is 0 Å². The van der Waals surface area contributed by atoms with Crippen molar-refractivity contribution in [1.82, 2.24) is 19.7 Å². The maximum absolute atomic E-state index is 12.0. The number of hydrogen-bond donors (Lipinski definition) is 2. The second-order valence-electron chi connectivity index (χ2n) is 4.04. The highest BCUT2D eigenvalue weighted by Crippen LogP contribution is 2.21. The van der Waals surface area contributed by atoms with E-state index in [9.17, 15) is 9.59 Å². The largest absolute Gasteiger partial charge is 0.481 e. The smallest absolute Gasteiger partial charge is 0.323 e. The van der Waals surface area contributed by atoms with E-state index in [0.29, 0.717) is 18.1 Å². The lowest BCUT2D eigenvalue weighted by atomic mass is 10.00. The lowest BCUT2D eigenvalue weighted by Crippen LogP contribution is -2.46. The predicted molar refractivity (Wildman–Crippen MR) is 63.3 cm³/mol. The van der Waals surface area contributed by atoms with E-state index < -0.39 is 5.97 Å². The molecule has 1 fully saturated rings. The van der Waals surface area contributed by atoms with E-state index in [4.69, 9.17) is 5.11 Å². The Kier molecular flexibility index (Phi) is 4.03. The predicted octanol–water partition coefficient (Wildman–Crippen LogP) is 0.794. The fourth-order valence-corrected chi connectivity index (χ4v) is 2.38. The van der Waals surface area contributed by atoms with Crippen LogP contribution in [0.4, 0.5) is 9.93 Å². The first-order valence-corrected chi connectivity index (χ1v) is 6.38. The van der Waals surface area contributed by atoms with Gasteiger partial charge in [0.05, 0.1) is 6.42 Å². The highest BCUT2D eigenvalue weighted by Gasteiger charge is 2.28. The summed E-state index contributed by atoms with van der Waals surface area (Å²) >= 11 is 0.983. The minimum Gasteiger partial charge on any atom is -0.481 e. The first kappa shape index (κ1) is 12.7. The molecule has 1 unspecified atom stereocenters. The third-order valence-electron chi connectivity index (χ3n) is 2.81. The van der Waals surface area contributed by atoms with Gasteiger partial charge in [-0.25, -0.2) is 4.79 Å². The summed E-state index contributed by atoms with van der Waals surface area (Å²) < 4.78 is 3.54. The molecule has 2 N–H and O–H groups in total. The number of carbonyl (C=O) groups excluding carboxylic acids is 1. The Labute approximate surface area is 107 Å². The molecule has 2 amide bonds. The standard InChI is InChI=1S/C9H13N5O3S/c15-7(16)5-6-3-1-2-4-14(6)9(17)10-8-11-12-13-18-8/h6H,1-5H2,(H,15,16)(H,10,11,13,17). The van der Waals surface area contributed by atoms with Gasteiger partial charge in [-0.3, -0.25) is 10.1 Å². The molecule has 8 nitrogen and oxygen atoms in total. The molecule has 0 aliphatic carbocycles. The van der Waals surface area contributed by atoms with Gasteiger partial charge >= 0.3 is 12.0 Å². The Hall–Kier alpha value is -1.77. The Morgan fingerprint density at radius 3 is 3.00 bits per heavy atom. The highest BCUT2D eigenvalue weighted by atomic mass is 32.1. The Morgan fingerprint density at radius 1 is 1.50 bits per heavy atom. The topological polar surface area (TPSA) is 108 Å². The SMILES string of the molecule is O=C(O)CC1CCCCN1C(=O)Nc1nnns1. The third kappa shape index (κ3) is 3.13. The van der Waals surface area contributed by atoms with Crippen LogP contribution >= 0.6 is 11.5 Å². The number of anilines is 1. The molecular weight excluding hydrogens is 258 g/mol. The summed E-state index contributed by atoms with van der Waals surface area (Å²) in [5.41, 5.74) is 0. The van der Waals surface area contributed by atoms with Gasteiger partial charge in [-0.2, -0.15) is 0 Å². The van der Waals surface area contributed by atoms with Crippen LogP contribution in [0.3, 0.4) is 0 Å². The number of likely N-dealkylation sites (tertiary alicyclic amines) is 1. The van der Waals surface area contributed by atoms with Crippen molar-refractivity contribution in [3.05, 3.63) is 0 Å². The van der Waals surface area contributed by atoms with E-state index >= 15 is 0 Å². The second kappa shape index (κ2) is 5.71. The number of hydrogen-bond acceptors (Lipinski definition) is 6. The number of carboxylic acid groups (broad SMARTS) is 1. The van der Waals surface area contributed by atoms with Gasteiger partial charge in [0.25, 0.3) is 0 Å². The van der Waals surface area contributed by atoms with E-state index in [1.54, 1.807) is 4.90 Å². The Bertz CT molecular complexity index is 424. The van der Waals surface area contributed by atoms with Gasteiger partial charge < -0.3 is 10.0 Å². The summed E-state index contributed by atoms with van der Waals surface area (Å²) in [6.45, 7) is 0.565. The van der Waals surface area contributed by atoms with Crippen LogP contribution in [0.1, 0.15) is 25.7 Å². The molecule has 18 heavy (non-hydrogen) atoms. The van der Waals surface area contributed by atoms with Crippen LogP contribution in [0.15, 0.2) is 0 Å². The lowest BCUT2D eigenvalue weighted by molar-refractivity contribution is -0.138. The van der Waals surface area contributed by atoms with E-state index in [1.807, 2.05) is 0 Å². The van der Waals surface area contributed by atoms with Crippen molar-refractivity contribution in [3.63, 3.8) is 0 Å². The number of nitrogens with zero attached hydrogens (tertiary/aromatic N) is 4. The van der Waals surface area contributed by atoms with Crippen molar-refractivity contribution in [2.45, 2.75) is 31.7 Å². The average Bonchev–Trinajstić information content (AvgIpc) is 2.81. The molecule has 1 saturated heterocycles. The molecular formula is C9H13N5O3S. The second-order valence-corrected chi connectivity index (χ2v) is 4.77. The average molecular weight is 271 g/mol. The minimum absolute atomic E-state index is 0.0260. The number of rotatable bonds is 3. The lowest BCUT2D eigenvalue weighted by Gasteiger charge is -2.34. The first-order valence-electron chi connectivity index (χ1n) is 5.61. The number of nitrogens with one attached hydrogen (secondary N) is 1. The molecule has 0 spiro atoms. The molecule has 2 rings (SSSR count). The van der Waals surface area contributed by atoms with Crippen LogP contribution < -0.4 is 5.32 Å². The fourth-order valence-electron chi connectivity index (χ4n) is 2.03. The van der Waals surface area contributed by atoms with E-state index in [0.717, 1.165) is 24.4 Å². The number of urea groups is 1.